The van der Waals surface area contributed by atoms with Crippen LogP contribution >= 0.6 is 0 Å². The predicted molar refractivity (Wildman–Crippen MR) is 163 cm³/mol. The molecule has 5 rings (SSSR count). The number of piperidine rings is 1. The molecule has 4 aromatic rings. The molecule has 1 fully saturated rings. The monoisotopic (exact) mass is 638 g/mol. The molecule has 1 amide bonds. The van der Waals surface area contributed by atoms with Crippen LogP contribution in [-0.2, 0) is 17.4 Å². The third-order valence-electron chi connectivity index (χ3n) is 8.29. The van der Waals surface area contributed by atoms with Crippen LogP contribution in [0.5, 0.6) is 0 Å². The number of carbonyl (C=O) groups excluding carboxylic acids is 2. The topological polar surface area (TPSA) is 49.4 Å². The lowest BCUT2D eigenvalue weighted by Crippen LogP contribution is -2.46. The number of halogens is 6. The van der Waals surface area contributed by atoms with Crippen LogP contribution < -0.4 is 5.32 Å². The lowest BCUT2D eigenvalue weighted by atomic mass is 9.87. The van der Waals surface area contributed by atoms with Gasteiger partial charge in [-0.2, -0.15) is 26.3 Å². The van der Waals surface area contributed by atoms with Crippen molar-refractivity contribution in [3.8, 4) is 11.1 Å². The molecule has 46 heavy (non-hydrogen) atoms. The first-order valence-corrected chi connectivity index (χ1v) is 14.9. The lowest BCUT2D eigenvalue weighted by molar-refractivity contribution is -0.142. The second kappa shape index (κ2) is 13.9. The van der Waals surface area contributed by atoms with Crippen molar-refractivity contribution < 1.29 is 35.9 Å². The van der Waals surface area contributed by atoms with Crippen molar-refractivity contribution >= 4 is 11.7 Å². The van der Waals surface area contributed by atoms with E-state index < -0.39 is 36.4 Å². The summed E-state index contributed by atoms with van der Waals surface area (Å²) in [4.78, 5) is 28.1. The van der Waals surface area contributed by atoms with Gasteiger partial charge in [0.25, 0.3) is 0 Å². The molecule has 1 aliphatic heterocycles. The minimum atomic E-state index is -4.50. The number of benzene rings is 4. The molecule has 240 valence electrons. The van der Waals surface area contributed by atoms with E-state index in [4.69, 9.17) is 0 Å². The Morgan fingerprint density at radius 3 is 1.98 bits per heavy atom. The van der Waals surface area contributed by atoms with Crippen LogP contribution in [0.15, 0.2) is 103 Å². The van der Waals surface area contributed by atoms with Gasteiger partial charge in [-0.05, 0) is 71.8 Å². The van der Waals surface area contributed by atoms with E-state index in [1.54, 1.807) is 54.6 Å². The summed E-state index contributed by atoms with van der Waals surface area (Å²) in [6, 6.07) is 27.2. The minimum absolute atomic E-state index is 0.113. The summed E-state index contributed by atoms with van der Waals surface area (Å²) >= 11 is 0. The molecule has 1 atom stereocenters. The van der Waals surface area contributed by atoms with Crippen LogP contribution in [0.25, 0.3) is 11.1 Å². The molecular weight excluding hydrogens is 606 g/mol. The van der Waals surface area contributed by atoms with Crippen molar-refractivity contribution in [2.75, 3.05) is 19.6 Å². The molecule has 1 aliphatic rings. The fourth-order valence-electron chi connectivity index (χ4n) is 5.94. The molecule has 1 unspecified atom stereocenters. The number of nitrogens with zero attached hydrogens (tertiary/aromatic N) is 1. The van der Waals surface area contributed by atoms with Gasteiger partial charge in [-0.25, -0.2) is 0 Å². The van der Waals surface area contributed by atoms with Crippen LogP contribution in [0.3, 0.4) is 0 Å². The largest absolute Gasteiger partial charge is 0.416 e. The first-order valence-electron chi connectivity index (χ1n) is 14.9. The molecular formula is C36H32F6N2O2. The van der Waals surface area contributed by atoms with E-state index in [1.165, 1.54) is 12.1 Å². The normalized spacial score (nSPS) is 15.3. The van der Waals surface area contributed by atoms with E-state index in [0.717, 1.165) is 23.3 Å². The number of Topliss-reactive ketones (excluding diaryl/α,β-unsaturated/α-hetero) is 1. The van der Waals surface area contributed by atoms with Gasteiger partial charge >= 0.3 is 12.4 Å². The molecule has 1 saturated heterocycles. The smallest absolute Gasteiger partial charge is 0.345 e. The molecule has 0 aromatic heterocycles. The third kappa shape index (κ3) is 8.23. The van der Waals surface area contributed by atoms with Crippen LogP contribution in [0, 0.1) is 0 Å². The van der Waals surface area contributed by atoms with E-state index in [1.807, 2.05) is 34.5 Å². The van der Waals surface area contributed by atoms with E-state index in [9.17, 15) is 35.9 Å². The van der Waals surface area contributed by atoms with Gasteiger partial charge in [-0.15, -0.1) is 0 Å². The molecule has 0 bridgehead atoms. The van der Waals surface area contributed by atoms with Crippen molar-refractivity contribution in [2.24, 2.45) is 0 Å². The highest BCUT2D eigenvalue weighted by Gasteiger charge is 2.34. The van der Waals surface area contributed by atoms with Crippen LogP contribution in [0.4, 0.5) is 26.3 Å². The summed E-state index contributed by atoms with van der Waals surface area (Å²) in [6.07, 6.45) is -7.43. The average molecular weight is 639 g/mol. The number of likely N-dealkylation sites (tertiary alicyclic amines) is 1. The van der Waals surface area contributed by atoms with Crippen LogP contribution in [-0.4, -0.2) is 42.4 Å². The maximum absolute atomic E-state index is 13.3. The summed E-state index contributed by atoms with van der Waals surface area (Å²) in [5, 5.41) is 2.04. The summed E-state index contributed by atoms with van der Waals surface area (Å²) in [7, 11) is 0. The fraction of sp³-hybridized carbons (Fsp3) is 0.278. The van der Waals surface area contributed by atoms with Gasteiger partial charge in [-0.3, -0.25) is 14.5 Å². The molecule has 4 aromatic carbocycles. The van der Waals surface area contributed by atoms with E-state index in [2.05, 4.69) is 0 Å². The van der Waals surface area contributed by atoms with Crippen molar-refractivity contribution in [1.29, 1.82) is 0 Å². The van der Waals surface area contributed by atoms with Gasteiger partial charge in [-0.1, -0.05) is 91.0 Å². The summed E-state index contributed by atoms with van der Waals surface area (Å²) < 4.78 is 77.5. The quantitative estimate of drug-likeness (QED) is 0.148. The van der Waals surface area contributed by atoms with Crippen molar-refractivity contribution in [2.45, 2.75) is 43.6 Å². The van der Waals surface area contributed by atoms with Crippen LogP contribution in [0.1, 0.15) is 57.4 Å². The Balaban J connectivity index is 1.22. The second-order valence-electron chi connectivity index (χ2n) is 11.4. The van der Waals surface area contributed by atoms with Crippen molar-refractivity contribution in [1.82, 2.24) is 10.2 Å². The Kier molecular flexibility index (Phi) is 9.96. The number of ketones is 1. The Morgan fingerprint density at radius 1 is 0.761 bits per heavy atom. The lowest BCUT2D eigenvalue weighted by Gasteiger charge is -2.37. The van der Waals surface area contributed by atoms with Crippen LogP contribution in [0.2, 0.25) is 0 Å². The molecule has 4 nitrogen and oxygen atoms in total. The highest BCUT2D eigenvalue weighted by molar-refractivity contribution is 6.03. The third-order valence-corrected chi connectivity index (χ3v) is 8.29. The number of nitrogens with one attached hydrogen (secondary N) is 1. The number of alkyl halides is 6. The molecule has 0 spiro atoms. The highest BCUT2D eigenvalue weighted by Crippen LogP contribution is 2.34. The number of rotatable bonds is 9. The van der Waals surface area contributed by atoms with Gasteiger partial charge in [0.05, 0.1) is 5.56 Å². The van der Waals surface area contributed by atoms with Crippen molar-refractivity contribution in [3.63, 3.8) is 0 Å². The molecule has 1 N–H and O–H groups in total. The number of amides is 1. The SMILES string of the molecule is O=C(Cc1ccc(C2CCN(C(C(=O)NCC(F)(F)F)c3ccccc3)CC2)cc1)c1ccccc1-c1ccc(C(F)(F)F)cc1. The second-order valence-corrected chi connectivity index (χ2v) is 11.4. The highest BCUT2D eigenvalue weighted by atomic mass is 19.4. The maximum Gasteiger partial charge on any atom is 0.416 e. The summed E-state index contributed by atoms with van der Waals surface area (Å²) in [6.45, 7) is -0.351. The minimum Gasteiger partial charge on any atom is -0.345 e. The zero-order valence-corrected chi connectivity index (χ0v) is 24.7. The zero-order chi connectivity index (χ0) is 32.9. The maximum atomic E-state index is 13.3. The first-order chi connectivity index (χ1) is 21.9. The average Bonchev–Trinajstić information content (AvgIpc) is 3.04. The van der Waals surface area contributed by atoms with E-state index in [0.29, 0.717) is 48.2 Å². The predicted octanol–water partition coefficient (Wildman–Crippen LogP) is 8.40. The van der Waals surface area contributed by atoms with Gasteiger partial charge in [0.1, 0.15) is 12.6 Å². The summed E-state index contributed by atoms with van der Waals surface area (Å²) in [5.74, 6) is -0.667. The molecule has 1 heterocycles. The standard InChI is InChI=1S/C36H32F6N2O2/c37-35(38,39)23-43-34(46)33(28-6-2-1-3-7-28)44-20-18-26(19-21-44)25-12-10-24(11-13-25)22-32(45)31-9-5-4-8-30(31)27-14-16-29(17-15-27)36(40,41)42/h1-17,26,33H,18-23H2,(H,43,46). The number of hydrogen-bond acceptors (Lipinski definition) is 3. The van der Waals surface area contributed by atoms with Gasteiger partial charge < -0.3 is 5.32 Å². The Morgan fingerprint density at radius 2 is 1.37 bits per heavy atom. The van der Waals surface area contributed by atoms with Crippen molar-refractivity contribution in [3.05, 3.63) is 131 Å². The Hall–Kier alpha value is -4.44. The first kappa shape index (κ1) is 32.9. The molecule has 0 radical (unpaired) electrons. The van der Waals surface area contributed by atoms with E-state index in [-0.39, 0.29) is 18.1 Å². The number of carbonyl (C=O) groups is 2. The molecule has 0 aliphatic carbocycles. The fourth-order valence-corrected chi connectivity index (χ4v) is 5.94. The van der Waals surface area contributed by atoms with E-state index >= 15 is 0 Å². The summed E-state index contributed by atoms with van der Waals surface area (Å²) in [5.41, 5.74) is 3.24. The molecule has 10 heteroatoms. The van der Waals surface area contributed by atoms with Gasteiger partial charge in [0.15, 0.2) is 5.78 Å². The van der Waals surface area contributed by atoms with Gasteiger partial charge in [0, 0.05) is 12.0 Å². The Labute approximate surface area is 263 Å². The zero-order valence-electron chi connectivity index (χ0n) is 24.7. The Bertz CT molecular complexity index is 1630. The number of hydrogen-bond donors (Lipinski definition) is 1. The molecule has 0 saturated carbocycles. The van der Waals surface area contributed by atoms with Gasteiger partial charge in [0.2, 0.25) is 5.91 Å².